The van der Waals surface area contributed by atoms with Crippen LogP contribution in [-0.4, -0.2) is 16.2 Å². The molecule has 0 spiro atoms. The van der Waals surface area contributed by atoms with Crippen LogP contribution in [0.25, 0.3) is 22.6 Å². The van der Waals surface area contributed by atoms with Gasteiger partial charge in [0.15, 0.2) is 11.6 Å². The Morgan fingerprint density at radius 2 is 1.77 bits per heavy atom. The molecule has 0 unspecified atom stereocenters. The largest absolute Gasteiger partial charge is 0.493 e. The Morgan fingerprint density at radius 3 is 2.54 bits per heavy atom. The van der Waals surface area contributed by atoms with Crippen LogP contribution in [-0.2, 0) is 6.54 Å². The molecule has 0 N–H and O–H groups in total. The standard InChI is InChI=1S/C22H22N2O2/c1-16-8-5-9-17(2)21(16)26-15-7-13-24-19-11-4-3-10-18(19)23-22(24)20-12-6-14-25-20/h3-6,8-12,14H,7,13,15H2,1-2H3. The van der Waals surface area contributed by atoms with Crippen molar-refractivity contribution < 1.29 is 9.15 Å². The Kier molecular flexibility index (Phi) is 4.48. The monoisotopic (exact) mass is 346 g/mol. The molecule has 0 amide bonds. The van der Waals surface area contributed by atoms with Gasteiger partial charge in [0.2, 0.25) is 0 Å². The highest BCUT2D eigenvalue weighted by atomic mass is 16.5. The molecular weight excluding hydrogens is 324 g/mol. The zero-order valence-corrected chi connectivity index (χ0v) is 15.1. The third kappa shape index (κ3) is 3.10. The minimum absolute atomic E-state index is 0.662. The SMILES string of the molecule is Cc1cccc(C)c1OCCCn1c(-c2ccco2)nc2ccccc21. The van der Waals surface area contributed by atoms with Crippen molar-refractivity contribution in [3.8, 4) is 17.3 Å². The maximum absolute atomic E-state index is 6.05. The first-order valence-corrected chi connectivity index (χ1v) is 8.92. The lowest BCUT2D eigenvalue weighted by molar-refractivity contribution is 0.299. The van der Waals surface area contributed by atoms with Gasteiger partial charge >= 0.3 is 0 Å². The number of hydrogen-bond acceptors (Lipinski definition) is 3. The molecule has 132 valence electrons. The van der Waals surface area contributed by atoms with E-state index in [9.17, 15) is 0 Å². The number of ether oxygens (including phenoxy) is 1. The number of imidazole rings is 1. The molecule has 0 bridgehead atoms. The van der Waals surface area contributed by atoms with E-state index in [0.29, 0.717) is 6.61 Å². The molecule has 0 fully saturated rings. The lowest BCUT2D eigenvalue weighted by Crippen LogP contribution is -2.07. The van der Waals surface area contributed by atoms with Crippen LogP contribution in [0.2, 0.25) is 0 Å². The summed E-state index contributed by atoms with van der Waals surface area (Å²) < 4.78 is 13.8. The molecule has 4 rings (SSSR count). The summed E-state index contributed by atoms with van der Waals surface area (Å²) in [7, 11) is 0. The van der Waals surface area contributed by atoms with Gasteiger partial charge < -0.3 is 13.7 Å². The van der Waals surface area contributed by atoms with E-state index in [1.165, 1.54) is 11.1 Å². The summed E-state index contributed by atoms with van der Waals surface area (Å²) in [5.74, 6) is 2.65. The molecule has 0 aliphatic rings. The summed E-state index contributed by atoms with van der Waals surface area (Å²) in [5, 5.41) is 0. The molecule has 2 heterocycles. The topological polar surface area (TPSA) is 40.2 Å². The van der Waals surface area contributed by atoms with Crippen LogP contribution in [0.1, 0.15) is 17.5 Å². The third-order valence-electron chi connectivity index (χ3n) is 4.58. The molecule has 0 aliphatic heterocycles. The van der Waals surface area contributed by atoms with Crippen molar-refractivity contribution in [3.63, 3.8) is 0 Å². The van der Waals surface area contributed by atoms with Crippen molar-refractivity contribution in [1.29, 1.82) is 0 Å². The second-order valence-corrected chi connectivity index (χ2v) is 6.48. The fourth-order valence-corrected chi connectivity index (χ4v) is 3.32. The van der Waals surface area contributed by atoms with E-state index in [1.54, 1.807) is 6.26 Å². The number of fused-ring (bicyclic) bond motifs is 1. The molecule has 0 aliphatic carbocycles. The van der Waals surface area contributed by atoms with E-state index in [4.69, 9.17) is 14.1 Å². The van der Waals surface area contributed by atoms with Gasteiger partial charge in [-0.3, -0.25) is 0 Å². The van der Waals surface area contributed by atoms with Gasteiger partial charge in [0.05, 0.1) is 23.9 Å². The molecule has 4 nitrogen and oxygen atoms in total. The lowest BCUT2D eigenvalue weighted by atomic mass is 10.1. The highest BCUT2D eigenvalue weighted by Gasteiger charge is 2.14. The van der Waals surface area contributed by atoms with Crippen molar-refractivity contribution in [2.24, 2.45) is 0 Å². The average molecular weight is 346 g/mol. The summed E-state index contributed by atoms with van der Waals surface area (Å²) in [4.78, 5) is 4.75. The van der Waals surface area contributed by atoms with Gasteiger partial charge in [-0.25, -0.2) is 4.98 Å². The van der Waals surface area contributed by atoms with Crippen LogP contribution in [0.4, 0.5) is 0 Å². The first-order chi connectivity index (χ1) is 12.7. The van der Waals surface area contributed by atoms with Crippen molar-refractivity contribution in [2.75, 3.05) is 6.61 Å². The van der Waals surface area contributed by atoms with Crippen LogP contribution >= 0.6 is 0 Å². The normalized spacial score (nSPS) is 11.2. The molecular formula is C22H22N2O2. The van der Waals surface area contributed by atoms with Gasteiger partial charge in [0, 0.05) is 6.54 Å². The summed E-state index contributed by atoms with van der Waals surface area (Å²) in [6.07, 6.45) is 2.57. The predicted molar refractivity (Wildman–Crippen MR) is 103 cm³/mol. The van der Waals surface area contributed by atoms with Crippen LogP contribution in [0.3, 0.4) is 0 Å². The Hall–Kier alpha value is -3.01. The molecule has 4 heteroatoms. The predicted octanol–water partition coefficient (Wildman–Crippen LogP) is 5.38. The average Bonchev–Trinajstić information content (AvgIpc) is 3.28. The number of nitrogens with zero attached hydrogens (tertiary/aromatic N) is 2. The molecule has 0 saturated carbocycles. The van der Waals surface area contributed by atoms with Crippen molar-refractivity contribution >= 4 is 11.0 Å². The smallest absolute Gasteiger partial charge is 0.177 e. The summed E-state index contributed by atoms with van der Waals surface area (Å²) >= 11 is 0. The van der Waals surface area contributed by atoms with Gasteiger partial charge in [-0.15, -0.1) is 0 Å². The zero-order chi connectivity index (χ0) is 17.9. The van der Waals surface area contributed by atoms with Gasteiger partial charge in [0.1, 0.15) is 5.75 Å². The highest BCUT2D eigenvalue weighted by Crippen LogP contribution is 2.26. The number of aryl methyl sites for hydroxylation is 3. The Labute approximate surface area is 153 Å². The van der Waals surface area contributed by atoms with Crippen molar-refractivity contribution in [2.45, 2.75) is 26.8 Å². The molecule has 4 aromatic rings. The van der Waals surface area contributed by atoms with Crippen LogP contribution in [0, 0.1) is 13.8 Å². The summed E-state index contributed by atoms with van der Waals surface area (Å²) in [6, 6.07) is 18.3. The number of furan rings is 1. The van der Waals surface area contributed by atoms with Gasteiger partial charge in [-0.05, 0) is 55.7 Å². The molecule has 2 aromatic heterocycles. The fraction of sp³-hybridized carbons (Fsp3) is 0.227. The summed E-state index contributed by atoms with van der Waals surface area (Å²) in [5.41, 5.74) is 4.45. The molecule has 0 radical (unpaired) electrons. The molecule has 26 heavy (non-hydrogen) atoms. The van der Waals surface area contributed by atoms with Crippen LogP contribution in [0.15, 0.2) is 65.3 Å². The minimum Gasteiger partial charge on any atom is -0.493 e. The van der Waals surface area contributed by atoms with E-state index in [0.717, 1.165) is 41.3 Å². The lowest BCUT2D eigenvalue weighted by Gasteiger charge is -2.13. The maximum Gasteiger partial charge on any atom is 0.177 e. The highest BCUT2D eigenvalue weighted by molar-refractivity contribution is 5.79. The van der Waals surface area contributed by atoms with Gasteiger partial charge in [-0.1, -0.05) is 30.3 Å². The summed E-state index contributed by atoms with van der Waals surface area (Å²) in [6.45, 7) is 5.65. The van der Waals surface area contributed by atoms with Crippen LogP contribution < -0.4 is 4.74 Å². The molecule has 0 saturated heterocycles. The molecule has 0 atom stereocenters. The Balaban J connectivity index is 1.53. The second-order valence-electron chi connectivity index (χ2n) is 6.48. The Morgan fingerprint density at radius 1 is 0.962 bits per heavy atom. The van der Waals surface area contributed by atoms with E-state index in [1.807, 2.05) is 30.3 Å². The number of benzene rings is 2. The first kappa shape index (κ1) is 16.5. The Bertz CT molecular complexity index is 996. The van der Waals surface area contributed by atoms with Gasteiger partial charge in [-0.2, -0.15) is 0 Å². The second kappa shape index (κ2) is 7.08. The van der Waals surface area contributed by atoms with E-state index in [-0.39, 0.29) is 0 Å². The fourth-order valence-electron chi connectivity index (χ4n) is 3.32. The number of rotatable bonds is 6. The van der Waals surface area contributed by atoms with Crippen molar-refractivity contribution in [1.82, 2.24) is 9.55 Å². The maximum atomic E-state index is 6.05. The first-order valence-electron chi connectivity index (χ1n) is 8.92. The van der Waals surface area contributed by atoms with Gasteiger partial charge in [0.25, 0.3) is 0 Å². The van der Waals surface area contributed by atoms with Crippen molar-refractivity contribution in [3.05, 3.63) is 72.0 Å². The van der Waals surface area contributed by atoms with E-state index >= 15 is 0 Å². The van der Waals surface area contributed by atoms with E-state index < -0.39 is 0 Å². The number of para-hydroxylation sites is 3. The third-order valence-corrected chi connectivity index (χ3v) is 4.58. The van der Waals surface area contributed by atoms with Crippen LogP contribution in [0.5, 0.6) is 5.75 Å². The number of aromatic nitrogens is 2. The number of hydrogen-bond donors (Lipinski definition) is 0. The minimum atomic E-state index is 0.662. The zero-order valence-electron chi connectivity index (χ0n) is 15.1. The van der Waals surface area contributed by atoms with E-state index in [2.05, 4.69) is 42.7 Å². The quantitative estimate of drug-likeness (QED) is 0.440. The molecule has 2 aromatic carbocycles.